The van der Waals surface area contributed by atoms with Crippen molar-refractivity contribution < 1.29 is 0 Å². The molecule has 0 fully saturated rings. The van der Waals surface area contributed by atoms with Crippen LogP contribution in [0.5, 0.6) is 0 Å². The zero-order valence-electron chi connectivity index (χ0n) is 13.4. The van der Waals surface area contributed by atoms with E-state index < -0.39 is 0 Å². The molecule has 3 aromatic rings. The topological polar surface area (TPSA) is 86.3 Å². The van der Waals surface area contributed by atoms with Crippen LogP contribution in [0.4, 0.5) is 0 Å². The number of tetrazole rings is 1. The summed E-state index contributed by atoms with van der Waals surface area (Å²) in [7, 11) is 0. The van der Waals surface area contributed by atoms with Crippen molar-refractivity contribution in [1.82, 2.24) is 40.3 Å². The van der Waals surface area contributed by atoms with Crippen LogP contribution < -0.4 is 5.32 Å². The summed E-state index contributed by atoms with van der Waals surface area (Å²) in [4.78, 5) is 4.26. The number of nitrogens with zero attached hydrogens (tertiary/aromatic N) is 7. The van der Waals surface area contributed by atoms with Crippen LogP contribution in [0.3, 0.4) is 0 Å². The number of aromatic nitrogens is 7. The van der Waals surface area contributed by atoms with Gasteiger partial charge in [-0.25, -0.2) is 9.67 Å². The minimum atomic E-state index is 0.462. The highest BCUT2D eigenvalue weighted by atomic mass is 15.5. The molecule has 3 heterocycles. The first-order valence-electron chi connectivity index (χ1n) is 8.33. The second-order valence-corrected chi connectivity index (χ2v) is 5.99. The fraction of sp³-hybridized carbons (Fsp3) is 0.438. The Kier molecular flexibility index (Phi) is 4.28. The van der Waals surface area contributed by atoms with E-state index in [4.69, 9.17) is 0 Å². The zero-order valence-corrected chi connectivity index (χ0v) is 13.4. The molecule has 1 aliphatic heterocycles. The second-order valence-electron chi connectivity index (χ2n) is 5.99. The molecule has 0 saturated carbocycles. The van der Waals surface area contributed by atoms with Crippen LogP contribution >= 0.6 is 0 Å². The molecule has 1 N–H and O–H groups in total. The summed E-state index contributed by atoms with van der Waals surface area (Å²) < 4.78 is 3.80. The summed E-state index contributed by atoms with van der Waals surface area (Å²) in [6.07, 6.45) is 5.58. The van der Waals surface area contributed by atoms with Crippen molar-refractivity contribution in [2.45, 2.75) is 38.3 Å². The van der Waals surface area contributed by atoms with E-state index in [-0.39, 0.29) is 0 Å². The Labute approximate surface area is 139 Å². The Bertz CT molecular complexity index is 778. The average molecular weight is 324 g/mol. The normalized spacial score (nSPS) is 16.9. The maximum Gasteiger partial charge on any atom is 0.156 e. The number of hydrogen-bond acceptors (Lipinski definition) is 6. The maximum atomic E-state index is 4.26. The molecule has 2 aromatic heterocycles. The first kappa shape index (κ1) is 14.9. The summed E-state index contributed by atoms with van der Waals surface area (Å²) in [6.45, 7) is 1.84. The first-order chi connectivity index (χ1) is 11.9. The Morgan fingerprint density at radius 2 is 2.12 bits per heavy atom. The lowest BCUT2D eigenvalue weighted by Gasteiger charge is -2.23. The van der Waals surface area contributed by atoms with Gasteiger partial charge < -0.3 is 5.32 Å². The van der Waals surface area contributed by atoms with Gasteiger partial charge in [-0.1, -0.05) is 18.2 Å². The molecule has 0 spiro atoms. The van der Waals surface area contributed by atoms with Crippen molar-refractivity contribution in [2.24, 2.45) is 0 Å². The fourth-order valence-corrected chi connectivity index (χ4v) is 3.09. The van der Waals surface area contributed by atoms with Gasteiger partial charge in [0.25, 0.3) is 0 Å². The number of nitrogens with one attached hydrogen (secondary N) is 1. The number of aryl methyl sites for hydroxylation is 2. The smallest absolute Gasteiger partial charge is 0.156 e. The van der Waals surface area contributed by atoms with E-state index in [1.165, 1.54) is 0 Å². The second kappa shape index (κ2) is 6.88. The number of rotatable bonds is 6. The molecule has 124 valence electrons. The Morgan fingerprint density at radius 1 is 1.21 bits per heavy atom. The molecule has 0 amide bonds. The van der Waals surface area contributed by atoms with Gasteiger partial charge in [0, 0.05) is 18.9 Å². The van der Waals surface area contributed by atoms with Crippen LogP contribution in [0.2, 0.25) is 0 Å². The molecule has 0 unspecified atom stereocenters. The molecular weight excluding hydrogens is 304 g/mol. The standard InChI is InChI=1S/C16H20N8/c1-2-5-14(6-3-1)24-16(20-21-22-24)7-4-10-17-13-8-9-15-18-12-19-23(15)11-13/h1-3,5-6,12-13,17H,4,7-11H2/t13-/m0/s1. The third kappa shape index (κ3) is 3.18. The van der Waals surface area contributed by atoms with E-state index in [2.05, 4.69) is 30.9 Å². The third-order valence-corrected chi connectivity index (χ3v) is 4.35. The van der Waals surface area contributed by atoms with Gasteiger partial charge in [-0.15, -0.1) is 5.10 Å². The van der Waals surface area contributed by atoms with E-state index in [9.17, 15) is 0 Å². The molecule has 1 aliphatic rings. The maximum absolute atomic E-state index is 4.26. The summed E-state index contributed by atoms with van der Waals surface area (Å²) in [6, 6.07) is 10.4. The van der Waals surface area contributed by atoms with Crippen LogP contribution in [0.25, 0.3) is 5.69 Å². The Balaban J connectivity index is 1.28. The van der Waals surface area contributed by atoms with E-state index in [1.54, 1.807) is 6.33 Å². The summed E-state index contributed by atoms with van der Waals surface area (Å²) >= 11 is 0. The predicted octanol–water partition coefficient (Wildman–Crippen LogP) is 0.791. The summed E-state index contributed by atoms with van der Waals surface area (Å²) in [5, 5.41) is 19.9. The molecular formula is C16H20N8. The van der Waals surface area contributed by atoms with Gasteiger partial charge in [0.15, 0.2) is 5.82 Å². The molecule has 0 saturated heterocycles. The molecule has 8 nitrogen and oxygen atoms in total. The van der Waals surface area contributed by atoms with Gasteiger partial charge >= 0.3 is 0 Å². The van der Waals surface area contributed by atoms with Crippen LogP contribution in [0.1, 0.15) is 24.5 Å². The van der Waals surface area contributed by atoms with Gasteiger partial charge in [-0.2, -0.15) is 9.78 Å². The summed E-state index contributed by atoms with van der Waals surface area (Å²) in [5.74, 6) is 1.99. The predicted molar refractivity (Wildman–Crippen MR) is 87.6 cm³/mol. The largest absolute Gasteiger partial charge is 0.312 e. The zero-order chi connectivity index (χ0) is 16.2. The van der Waals surface area contributed by atoms with Gasteiger partial charge in [-0.05, 0) is 41.9 Å². The minimum Gasteiger partial charge on any atom is -0.312 e. The van der Waals surface area contributed by atoms with Crippen molar-refractivity contribution in [3.63, 3.8) is 0 Å². The van der Waals surface area contributed by atoms with E-state index in [0.29, 0.717) is 6.04 Å². The molecule has 4 rings (SSSR count). The van der Waals surface area contributed by atoms with Crippen molar-refractivity contribution in [3.05, 3.63) is 48.3 Å². The summed E-state index contributed by atoms with van der Waals surface area (Å²) in [5.41, 5.74) is 0.997. The minimum absolute atomic E-state index is 0.462. The first-order valence-corrected chi connectivity index (χ1v) is 8.33. The van der Waals surface area contributed by atoms with E-state index in [1.807, 2.05) is 39.7 Å². The number of para-hydroxylation sites is 1. The Morgan fingerprint density at radius 3 is 3.04 bits per heavy atom. The average Bonchev–Trinajstić information content (AvgIpc) is 3.28. The van der Waals surface area contributed by atoms with Gasteiger partial charge in [0.2, 0.25) is 0 Å². The SMILES string of the molecule is c1ccc(-n2nnnc2CCCN[C@H]2CCc3ncnn3C2)cc1. The molecule has 24 heavy (non-hydrogen) atoms. The van der Waals surface area contributed by atoms with Crippen molar-refractivity contribution in [1.29, 1.82) is 0 Å². The van der Waals surface area contributed by atoms with Gasteiger partial charge in [0.05, 0.1) is 12.2 Å². The van der Waals surface area contributed by atoms with E-state index in [0.717, 1.165) is 56.1 Å². The van der Waals surface area contributed by atoms with Crippen LogP contribution in [-0.4, -0.2) is 47.6 Å². The van der Waals surface area contributed by atoms with Crippen molar-refractivity contribution >= 4 is 0 Å². The number of hydrogen-bond donors (Lipinski definition) is 1. The lowest BCUT2D eigenvalue weighted by Crippen LogP contribution is -2.38. The van der Waals surface area contributed by atoms with Crippen molar-refractivity contribution in [3.8, 4) is 5.69 Å². The Hall–Kier alpha value is -2.61. The van der Waals surface area contributed by atoms with E-state index >= 15 is 0 Å². The molecule has 1 aromatic carbocycles. The molecule has 0 aliphatic carbocycles. The highest BCUT2D eigenvalue weighted by Crippen LogP contribution is 2.12. The number of benzene rings is 1. The number of fused-ring (bicyclic) bond motifs is 1. The van der Waals surface area contributed by atoms with Gasteiger partial charge in [-0.3, -0.25) is 0 Å². The van der Waals surface area contributed by atoms with Crippen LogP contribution in [0, 0.1) is 0 Å². The molecule has 1 atom stereocenters. The highest BCUT2D eigenvalue weighted by Gasteiger charge is 2.19. The molecule has 8 heteroatoms. The lowest BCUT2D eigenvalue weighted by molar-refractivity contribution is 0.358. The molecule has 0 radical (unpaired) electrons. The van der Waals surface area contributed by atoms with Gasteiger partial charge in [0.1, 0.15) is 12.2 Å². The third-order valence-electron chi connectivity index (χ3n) is 4.35. The monoisotopic (exact) mass is 324 g/mol. The van der Waals surface area contributed by atoms with Crippen LogP contribution in [0.15, 0.2) is 36.7 Å². The lowest BCUT2D eigenvalue weighted by atomic mass is 10.1. The highest BCUT2D eigenvalue weighted by molar-refractivity contribution is 5.30. The van der Waals surface area contributed by atoms with Crippen LogP contribution in [-0.2, 0) is 19.4 Å². The van der Waals surface area contributed by atoms with Crippen molar-refractivity contribution in [2.75, 3.05) is 6.54 Å². The molecule has 0 bridgehead atoms. The quantitative estimate of drug-likeness (QED) is 0.675. The fourth-order valence-electron chi connectivity index (χ4n) is 3.09.